The van der Waals surface area contributed by atoms with Crippen LogP contribution in [-0.4, -0.2) is 54.9 Å². The first-order valence-electron chi connectivity index (χ1n) is 9.78. The third-order valence-electron chi connectivity index (χ3n) is 5.20. The van der Waals surface area contributed by atoms with Gasteiger partial charge in [-0.25, -0.2) is 4.90 Å². The summed E-state index contributed by atoms with van der Waals surface area (Å²) in [5.74, 6) is -0.256. The van der Waals surface area contributed by atoms with Crippen LogP contribution in [-0.2, 0) is 0 Å². The zero-order valence-electron chi connectivity index (χ0n) is 16.9. The first kappa shape index (κ1) is 21.8. The number of hydrogen-bond acceptors (Lipinski definition) is 5. The lowest BCUT2D eigenvalue weighted by Crippen LogP contribution is -2.51. The highest BCUT2D eigenvalue weighted by Gasteiger charge is 2.37. The molecular weight excluding hydrogens is 406 g/mol. The molecule has 1 unspecified atom stereocenters. The molecule has 1 fully saturated rings. The minimum Gasteiger partial charge on any atom is -0.494 e. The van der Waals surface area contributed by atoms with Crippen LogP contribution >= 0.6 is 12.4 Å². The minimum absolute atomic E-state index is 0. The molecule has 30 heavy (non-hydrogen) atoms. The van der Waals surface area contributed by atoms with Crippen LogP contribution in [0.1, 0.15) is 44.9 Å². The SMILES string of the molecule is CCOc1ccc(N2C(=O)c3ccc(C(=O)N4CCNC(C)C4)cc3C2=O)cc1.Cl. The number of rotatable bonds is 4. The van der Waals surface area contributed by atoms with Gasteiger partial charge in [-0.3, -0.25) is 14.4 Å². The van der Waals surface area contributed by atoms with Gasteiger partial charge in [0.2, 0.25) is 0 Å². The molecule has 2 aliphatic heterocycles. The molecule has 0 bridgehead atoms. The van der Waals surface area contributed by atoms with Crippen LogP contribution in [0.2, 0.25) is 0 Å². The van der Waals surface area contributed by atoms with E-state index in [0.717, 1.165) is 11.4 Å². The standard InChI is InChI=1S/C22H23N3O4.ClH/c1-3-29-17-7-5-16(6-8-17)25-21(27)18-9-4-15(12-19(18)22(25)28)20(26)24-11-10-23-14(2)13-24;/h4-9,12,14,23H,3,10-11,13H2,1-2H3;1H. The Labute approximate surface area is 181 Å². The third kappa shape index (κ3) is 3.91. The van der Waals surface area contributed by atoms with Crippen molar-refractivity contribution in [3.05, 3.63) is 59.2 Å². The van der Waals surface area contributed by atoms with E-state index in [-0.39, 0.29) is 35.8 Å². The number of carbonyl (C=O) groups is 3. The molecule has 1 atom stereocenters. The Kier molecular flexibility index (Phi) is 6.43. The molecule has 0 saturated carbocycles. The number of halogens is 1. The van der Waals surface area contributed by atoms with Gasteiger partial charge in [0.05, 0.1) is 23.4 Å². The first-order chi connectivity index (χ1) is 14.0. The number of benzene rings is 2. The van der Waals surface area contributed by atoms with Crippen molar-refractivity contribution < 1.29 is 19.1 Å². The van der Waals surface area contributed by atoms with E-state index in [4.69, 9.17) is 4.74 Å². The third-order valence-corrected chi connectivity index (χ3v) is 5.20. The normalized spacial score (nSPS) is 18.1. The second kappa shape index (κ2) is 8.85. The number of piperazine rings is 1. The van der Waals surface area contributed by atoms with Crippen molar-refractivity contribution in [1.82, 2.24) is 10.2 Å². The summed E-state index contributed by atoms with van der Waals surface area (Å²) in [5.41, 5.74) is 1.48. The van der Waals surface area contributed by atoms with Crippen molar-refractivity contribution in [1.29, 1.82) is 0 Å². The molecule has 7 nitrogen and oxygen atoms in total. The molecule has 2 aromatic rings. The quantitative estimate of drug-likeness (QED) is 0.756. The number of ether oxygens (including phenoxy) is 1. The monoisotopic (exact) mass is 429 g/mol. The van der Waals surface area contributed by atoms with E-state index in [9.17, 15) is 14.4 Å². The Balaban J connectivity index is 0.00000256. The highest BCUT2D eigenvalue weighted by atomic mass is 35.5. The van der Waals surface area contributed by atoms with Gasteiger partial charge in [0.1, 0.15) is 5.75 Å². The smallest absolute Gasteiger partial charge is 0.266 e. The Hall–Kier alpha value is -2.90. The van der Waals surface area contributed by atoms with Gasteiger partial charge in [-0.1, -0.05) is 0 Å². The maximum atomic E-state index is 13.0. The minimum atomic E-state index is -0.419. The second-order valence-corrected chi connectivity index (χ2v) is 7.24. The average Bonchev–Trinajstić information content (AvgIpc) is 2.98. The van der Waals surface area contributed by atoms with Gasteiger partial charge in [-0.2, -0.15) is 0 Å². The van der Waals surface area contributed by atoms with E-state index in [1.165, 1.54) is 0 Å². The van der Waals surface area contributed by atoms with Crippen LogP contribution in [0.4, 0.5) is 5.69 Å². The van der Waals surface area contributed by atoms with Crippen molar-refractivity contribution in [2.24, 2.45) is 0 Å². The number of fused-ring (bicyclic) bond motifs is 1. The van der Waals surface area contributed by atoms with Crippen LogP contribution in [0.15, 0.2) is 42.5 Å². The van der Waals surface area contributed by atoms with Gasteiger partial charge in [-0.15, -0.1) is 12.4 Å². The predicted octanol–water partition coefficient (Wildman–Crippen LogP) is 2.74. The summed E-state index contributed by atoms with van der Waals surface area (Å²) in [4.78, 5) is 41.5. The number of amides is 3. The molecule has 1 N–H and O–H groups in total. The van der Waals surface area contributed by atoms with E-state index in [1.807, 2.05) is 13.8 Å². The molecule has 2 aliphatic rings. The number of imide groups is 1. The number of hydrogen-bond donors (Lipinski definition) is 1. The maximum Gasteiger partial charge on any atom is 0.266 e. The van der Waals surface area contributed by atoms with Crippen molar-refractivity contribution in [2.75, 3.05) is 31.1 Å². The topological polar surface area (TPSA) is 79.0 Å². The van der Waals surface area contributed by atoms with Gasteiger partial charge >= 0.3 is 0 Å². The van der Waals surface area contributed by atoms with Crippen LogP contribution in [0.3, 0.4) is 0 Å². The number of carbonyl (C=O) groups excluding carboxylic acids is 3. The van der Waals surface area contributed by atoms with Crippen molar-refractivity contribution in [3.8, 4) is 5.75 Å². The Morgan fingerprint density at radius 1 is 1.10 bits per heavy atom. The molecule has 0 aliphatic carbocycles. The molecule has 0 spiro atoms. The summed E-state index contributed by atoms with van der Waals surface area (Å²) >= 11 is 0. The lowest BCUT2D eigenvalue weighted by molar-refractivity contribution is 0.0708. The van der Waals surface area contributed by atoms with Crippen molar-refractivity contribution in [3.63, 3.8) is 0 Å². The van der Waals surface area contributed by atoms with E-state index in [0.29, 0.717) is 42.3 Å². The van der Waals surface area contributed by atoms with Gasteiger partial charge in [-0.05, 0) is 56.3 Å². The molecule has 1 saturated heterocycles. The summed E-state index contributed by atoms with van der Waals surface area (Å²) in [6.07, 6.45) is 0. The lowest BCUT2D eigenvalue weighted by atomic mass is 10.0. The van der Waals surface area contributed by atoms with Gasteiger partial charge in [0.25, 0.3) is 17.7 Å². The zero-order valence-corrected chi connectivity index (χ0v) is 17.7. The van der Waals surface area contributed by atoms with Gasteiger partial charge < -0.3 is 15.0 Å². The van der Waals surface area contributed by atoms with Crippen LogP contribution in [0.5, 0.6) is 5.75 Å². The van der Waals surface area contributed by atoms with Gasteiger partial charge in [0.15, 0.2) is 0 Å². The highest BCUT2D eigenvalue weighted by Crippen LogP contribution is 2.30. The summed E-state index contributed by atoms with van der Waals surface area (Å²) in [5, 5.41) is 3.30. The van der Waals surface area contributed by atoms with E-state index >= 15 is 0 Å². The van der Waals surface area contributed by atoms with E-state index in [2.05, 4.69) is 5.32 Å². The number of anilines is 1. The fourth-order valence-corrected chi connectivity index (χ4v) is 3.77. The molecule has 2 aromatic carbocycles. The molecule has 4 rings (SSSR count). The summed E-state index contributed by atoms with van der Waals surface area (Å²) < 4.78 is 5.41. The molecule has 3 amide bonds. The molecule has 0 aromatic heterocycles. The zero-order chi connectivity index (χ0) is 20.5. The van der Waals surface area contributed by atoms with Crippen LogP contribution in [0.25, 0.3) is 0 Å². The maximum absolute atomic E-state index is 13.0. The second-order valence-electron chi connectivity index (χ2n) is 7.24. The Morgan fingerprint density at radius 3 is 2.47 bits per heavy atom. The molecule has 158 valence electrons. The highest BCUT2D eigenvalue weighted by molar-refractivity contribution is 6.34. The Morgan fingerprint density at radius 2 is 1.80 bits per heavy atom. The largest absolute Gasteiger partial charge is 0.494 e. The fraction of sp³-hybridized carbons (Fsp3) is 0.318. The fourth-order valence-electron chi connectivity index (χ4n) is 3.77. The first-order valence-corrected chi connectivity index (χ1v) is 9.78. The predicted molar refractivity (Wildman–Crippen MR) is 116 cm³/mol. The van der Waals surface area contributed by atoms with Crippen molar-refractivity contribution >= 4 is 35.8 Å². The molecule has 0 radical (unpaired) electrons. The van der Waals surface area contributed by atoms with E-state index < -0.39 is 5.91 Å². The van der Waals surface area contributed by atoms with Crippen LogP contribution in [0, 0.1) is 0 Å². The summed E-state index contributed by atoms with van der Waals surface area (Å²) in [6, 6.07) is 11.8. The molecule has 8 heteroatoms. The summed E-state index contributed by atoms with van der Waals surface area (Å²) in [7, 11) is 0. The number of nitrogens with one attached hydrogen (secondary N) is 1. The molecular formula is C22H24ClN3O4. The molecule has 2 heterocycles. The van der Waals surface area contributed by atoms with Crippen molar-refractivity contribution in [2.45, 2.75) is 19.9 Å². The van der Waals surface area contributed by atoms with Crippen LogP contribution < -0.4 is 15.0 Å². The van der Waals surface area contributed by atoms with Gasteiger partial charge in [0, 0.05) is 31.2 Å². The lowest BCUT2D eigenvalue weighted by Gasteiger charge is -2.32. The Bertz CT molecular complexity index is 977. The number of nitrogens with zero attached hydrogens (tertiary/aromatic N) is 2. The summed E-state index contributed by atoms with van der Waals surface area (Å²) in [6.45, 7) is 6.42. The average molecular weight is 430 g/mol. The van der Waals surface area contributed by atoms with E-state index in [1.54, 1.807) is 47.4 Å².